The number of amides is 1. The first-order valence-corrected chi connectivity index (χ1v) is 14.3. The van der Waals surface area contributed by atoms with Crippen LogP contribution in [0.15, 0.2) is 35.3 Å². The van der Waals surface area contributed by atoms with Gasteiger partial charge in [0.1, 0.15) is 29.3 Å². The number of anilines is 1. The third-order valence-electron chi connectivity index (χ3n) is 8.35. The number of carbonyl (C=O) groups excluding carboxylic acids is 1. The molecule has 17 heteroatoms. The standard InChI is InChI=1S/C31H27F8N3O6/c1-14-20(30(34,35)36)10-41(2)28(44)25(14)17-4-3-15(18-11-48-12-19(17)18)7-23(29(45)46)40-27(43)26-21(32)8-16(9-22(26)33)42-5-6-47-13-24(42)31(37,38)39/h3-4,8-10,23-24H,5-7,11-13H2,1-2H3,(H,40,43)(H,45,46)/t23?,24-/m1/s1. The summed E-state index contributed by atoms with van der Waals surface area (Å²) in [6.07, 6.45) is -9.32. The van der Waals surface area contributed by atoms with E-state index in [1.54, 1.807) is 0 Å². The Morgan fingerprint density at radius 3 is 2.29 bits per heavy atom. The second-order valence-electron chi connectivity index (χ2n) is 11.4. The van der Waals surface area contributed by atoms with E-state index in [1.165, 1.54) is 19.2 Å². The third-order valence-corrected chi connectivity index (χ3v) is 8.35. The summed E-state index contributed by atoms with van der Waals surface area (Å²) in [7, 11) is 1.17. The van der Waals surface area contributed by atoms with Crippen LogP contribution in [0.3, 0.4) is 0 Å². The second kappa shape index (κ2) is 12.8. The summed E-state index contributed by atoms with van der Waals surface area (Å²) in [5.74, 6) is -6.17. The molecular formula is C31H27F8N3O6. The van der Waals surface area contributed by atoms with E-state index in [0.29, 0.717) is 34.4 Å². The van der Waals surface area contributed by atoms with Crippen molar-refractivity contribution in [1.82, 2.24) is 9.88 Å². The van der Waals surface area contributed by atoms with Crippen molar-refractivity contribution in [3.8, 4) is 11.1 Å². The van der Waals surface area contributed by atoms with Crippen molar-refractivity contribution >= 4 is 17.6 Å². The van der Waals surface area contributed by atoms with E-state index in [2.05, 4.69) is 0 Å². The monoisotopic (exact) mass is 689 g/mol. The molecular weight excluding hydrogens is 662 g/mol. The molecule has 258 valence electrons. The van der Waals surface area contributed by atoms with Gasteiger partial charge in [0.2, 0.25) is 0 Å². The molecule has 2 aromatic carbocycles. The highest BCUT2D eigenvalue weighted by Gasteiger charge is 2.46. The summed E-state index contributed by atoms with van der Waals surface area (Å²) >= 11 is 0. The minimum atomic E-state index is -4.79. The summed E-state index contributed by atoms with van der Waals surface area (Å²) in [4.78, 5) is 38.9. The van der Waals surface area contributed by atoms with E-state index in [-0.39, 0.29) is 48.6 Å². The maximum Gasteiger partial charge on any atom is 0.418 e. The van der Waals surface area contributed by atoms with Crippen LogP contribution in [-0.2, 0) is 47.1 Å². The zero-order chi connectivity index (χ0) is 35.3. The maximum absolute atomic E-state index is 15.1. The number of nitrogens with zero attached hydrogens (tertiary/aromatic N) is 2. The Bertz CT molecular complexity index is 1820. The van der Waals surface area contributed by atoms with Gasteiger partial charge >= 0.3 is 18.3 Å². The van der Waals surface area contributed by atoms with E-state index in [1.807, 2.05) is 5.32 Å². The lowest BCUT2D eigenvalue weighted by molar-refractivity contribution is -0.167. The molecule has 2 aliphatic heterocycles. The van der Waals surface area contributed by atoms with Crippen molar-refractivity contribution in [3.05, 3.63) is 85.8 Å². The van der Waals surface area contributed by atoms with Gasteiger partial charge < -0.3 is 29.4 Å². The Balaban J connectivity index is 1.44. The Kier molecular flexibility index (Phi) is 9.31. The zero-order valence-corrected chi connectivity index (χ0v) is 25.2. The van der Waals surface area contributed by atoms with Gasteiger partial charge in [-0.1, -0.05) is 12.1 Å². The smallest absolute Gasteiger partial charge is 0.418 e. The minimum Gasteiger partial charge on any atom is -0.480 e. The number of aryl methyl sites for hydroxylation is 1. The quantitative estimate of drug-likeness (QED) is 0.341. The number of hydrogen-bond acceptors (Lipinski definition) is 6. The Hall–Kier alpha value is -4.51. The molecule has 1 fully saturated rings. The van der Waals surface area contributed by atoms with Gasteiger partial charge in [0, 0.05) is 31.9 Å². The average molecular weight is 690 g/mol. The zero-order valence-electron chi connectivity index (χ0n) is 25.2. The number of ether oxygens (including phenoxy) is 2. The van der Waals surface area contributed by atoms with Gasteiger partial charge in [-0.3, -0.25) is 9.59 Å². The molecule has 2 atom stereocenters. The van der Waals surface area contributed by atoms with Crippen molar-refractivity contribution in [2.45, 2.75) is 51.0 Å². The SMILES string of the molecule is Cc1c(C(F)(F)F)cn(C)c(=O)c1-c1ccc(CC(NC(=O)c2c(F)cc(N3CCOC[C@@H]3C(F)(F)F)cc2F)C(=O)O)c2c1COC2. The minimum absolute atomic E-state index is 0.109. The van der Waals surface area contributed by atoms with Crippen LogP contribution < -0.4 is 15.8 Å². The molecule has 1 saturated heterocycles. The molecule has 3 heterocycles. The number of rotatable bonds is 7. The largest absolute Gasteiger partial charge is 0.480 e. The summed E-state index contributed by atoms with van der Waals surface area (Å²) in [6, 6.07) is -0.200. The highest BCUT2D eigenvalue weighted by Crippen LogP contribution is 2.39. The van der Waals surface area contributed by atoms with Crippen LogP contribution in [0.1, 0.15) is 38.2 Å². The molecule has 2 aliphatic rings. The van der Waals surface area contributed by atoms with Gasteiger partial charge in [-0.05, 0) is 46.9 Å². The number of fused-ring (bicyclic) bond motifs is 1. The summed E-state index contributed by atoms with van der Waals surface area (Å²) in [5.41, 5.74) is -2.90. The van der Waals surface area contributed by atoms with Gasteiger partial charge in [-0.15, -0.1) is 0 Å². The average Bonchev–Trinajstić information content (AvgIpc) is 3.49. The number of morpholine rings is 1. The second-order valence-corrected chi connectivity index (χ2v) is 11.4. The van der Waals surface area contributed by atoms with Crippen LogP contribution in [0.4, 0.5) is 40.8 Å². The number of benzene rings is 2. The van der Waals surface area contributed by atoms with Gasteiger partial charge in [0.05, 0.1) is 37.6 Å². The highest BCUT2D eigenvalue weighted by molar-refractivity contribution is 5.97. The summed E-state index contributed by atoms with van der Waals surface area (Å²) in [5, 5.41) is 11.9. The van der Waals surface area contributed by atoms with Crippen molar-refractivity contribution in [3.63, 3.8) is 0 Å². The van der Waals surface area contributed by atoms with Gasteiger partial charge in [0.15, 0.2) is 0 Å². The van der Waals surface area contributed by atoms with E-state index in [4.69, 9.17) is 9.47 Å². The van der Waals surface area contributed by atoms with E-state index < -0.39 is 83.3 Å². The third kappa shape index (κ3) is 6.60. The number of carboxylic acids is 1. The van der Waals surface area contributed by atoms with Crippen LogP contribution in [0.25, 0.3) is 11.1 Å². The molecule has 0 radical (unpaired) electrons. The highest BCUT2D eigenvalue weighted by atomic mass is 19.4. The Morgan fingerprint density at radius 1 is 1.04 bits per heavy atom. The molecule has 1 unspecified atom stereocenters. The number of alkyl halides is 6. The van der Waals surface area contributed by atoms with E-state index in [0.717, 1.165) is 11.5 Å². The number of pyridine rings is 1. The Morgan fingerprint density at radius 2 is 1.69 bits per heavy atom. The van der Waals surface area contributed by atoms with Crippen molar-refractivity contribution < 1.29 is 59.3 Å². The Labute approximate surface area is 266 Å². The molecule has 48 heavy (non-hydrogen) atoms. The van der Waals surface area contributed by atoms with Crippen LogP contribution >= 0.6 is 0 Å². The summed E-state index contributed by atoms with van der Waals surface area (Å²) in [6.45, 7) is -0.340. The molecule has 9 nitrogen and oxygen atoms in total. The lowest BCUT2D eigenvalue weighted by atomic mass is 9.89. The topological polar surface area (TPSA) is 110 Å². The van der Waals surface area contributed by atoms with Crippen molar-refractivity contribution in [2.75, 3.05) is 24.7 Å². The molecule has 0 bridgehead atoms. The normalized spacial score (nSPS) is 17.3. The van der Waals surface area contributed by atoms with Gasteiger partial charge in [-0.2, -0.15) is 26.3 Å². The molecule has 0 spiro atoms. The maximum atomic E-state index is 15.1. The molecule has 1 amide bonds. The number of aromatic nitrogens is 1. The van der Waals surface area contributed by atoms with E-state index in [9.17, 15) is 45.8 Å². The number of carboxylic acid groups (broad SMARTS) is 1. The number of nitrogens with one attached hydrogen (secondary N) is 1. The first kappa shape index (κ1) is 34.8. The molecule has 5 rings (SSSR count). The lowest BCUT2D eigenvalue weighted by Gasteiger charge is -2.38. The van der Waals surface area contributed by atoms with Crippen LogP contribution in [0, 0.1) is 18.6 Å². The van der Waals surface area contributed by atoms with Crippen LogP contribution in [-0.4, -0.2) is 59.6 Å². The number of halogens is 8. The van der Waals surface area contributed by atoms with Gasteiger partial charge in [0.25, 0.3) is 11.5 Å². The van der Waals surface area contributed by atoms with Crippen LogP contribution in [0.2, 0.25) is 0 Å². The first-order valence-electron chi connectivity index (χ1n) is 14.3. The molecule has 0 saturated carbocycles. The molecule has 2 N–H and O–H groups in total. The number of carbonyl (C=O) groups is 2. The van der Waals surface area contributed by atoms with Crippen molar-refractivity contribution in [2.24, 2.45) is 7.05 Å². The van der Waals surface area contributed by atoms with Crippen molar-refractivity contribution in [1.29, 1.82) is 0 Å². The predicted molar refractivity (Wildman–Crippen MR) is 152 cm³/mol. The van der Waals surface area contributed by atoms with Crippen LogP contribution in [0.5, 0.6) is 0 Å². The molecule has 3 aromatic rings. The number of aliphatic carboxylic acids is 1. The van der Waals surface area contributed by atoms with E-state index >= 15 is 8.78 Å². The fourth-order valence-electron chi connectivity index (χ4n) is 5.97. The number of hydrogen-bond donors (Lipinski definition) is 2. The molecule has 0 aliphatic carbocycles. The fourth-order valence-corrected chi connectivity index (χ4v) is 5.97. The first-order chi connectivity index (χ1) is 22.4. The summed E-state index contributed by atoms with van der Waals surface area (Å²) < 4.78 is 123. The predicted octanol–water partition coefficient (Wildman–Crippen LogP) is 4.88. The lowest BCUT2D eigenvalue weighted by Crippen LogP contribution is -2.53. The molecule has 1 aromatic heterocycles. The van der Waals surface area contributed by atoms with Gasteiger partial charge in [-0.25, -0.2) is 13.6 Å². The fraction of sp³-hybridized carbons (Fsp3) is 0.387.